The lowest BCUT2D eigenvalue weighted by atomic mass is 10.2. The van der Waals surface area contributed by atoms with Crippen molar-refractivity contribution in [1.29, 1.82) is 0 Å². The average Bonchev–Trinajstić information content (AvgIpc) is 2.80. The minimum atomic E-state index is 0.711. The van der Waals surface area contributed by atoms with Gasteiger partial charge in [0.2, 0.25) is 0 Å². The van der Waals surface area contributed by atoms with E-state index in [1.807, 2.05) is 29.1 Å². The summed E-state index contributed by atoms with van der Waals surface area (Å²) in [6.45, 7) is 2.16. The first-order chi connectivity index (χ1) is 8.92. The summed E-state index contributed by atoms with van der Waals surface area (Å²) < 4.78 is 11.2. The van der Waals surface area contributed by atoms with E-state index in [0.29, 0.717) is 6.61 Å². The topological polar surface area (TPSA) is 43.4 Å². The van der Waals surface area contributed by atoms with Crippen molar-refractivity contribution in [2.45, 2.75) is 13.0 Å². The standard InChI is InChI=1S/C13H14N2O2S/c1-4-16-12-3-2-10(6-13(12)17-5-1)14-7-11-8-18-9-15-11/h2-3,6,8-9,14H,1,4-5,7H2. The minimum absolute atomic E-state index is 0.711. The number of benzene rings is 1. The van der Waals surface area contributed by atoms with Crippen LogP contribution in [-0.4, -0.2) is 18.2 Å². The molecule has 0 radical (unpaired) electrons. The van der Waals surface area contributed by atoms with Crippen molar-refractivity contribution in [2.75, 3.05) is 18.5 Å². The Labute approximate surface area is 110 Å². The van der Waals surface area contributed by atoms with E-state index < -0.39 is 0 Å². The van der Waals surface area contributed by atoms with Gasteiger partial charge in [0.05, 0.1) is 31.0 Å². The number of aromatic nitrogens is 1. The van der Waals surface area contributed by atoms with Crippen molar-refractivity contribution in [3.63, 3.8) is 0 Å². The van der Waals surface area contributed by atoms with E-state index >= 15 is 0 Å². The molecule has 3 rings (SSSR count). The Balaban J connectivity index is 1.71. The molecule has 0 fully saturated rings. The lowest BCUT2D eigenvalue weighted by Crippen LogP contribution is -2.00. The van der Waals surface area contributed by atoms with Crippen molar-refractivity contribution in [2.24, 2.45) is 0 Å². The summed E-state index contributed by atoms with van der Waals surface area (Å²) in [5.41, 5.74) is 3.91. The molecule has 4 nitrogen and oxygen atoms in total. The second-order valence-corrected chi connectivity index (χ2v) is 4.76. The Morgan fingerprint density at radius 3 is 2.94 bits per heavy atom. The van der Waals surface area contributed by atoms with Gasteiger partial charge in [-0.05, 0) is 12.1 Å². The van der Waals surface area contributed by atoms with Gasteiger partial charge in [-0.25, -0.2) is 4.98 Å². The second-order valence-electron chi connectivity index (χ2n) is 4.05. The normalized spacial score (nSPS) is 14.0. The summed E-state index contributed by atoms with van der Waals surface area (Å²) in [5.74, 6) is 1.64. The highest BCUT2D eigenvalue weighted by atomic mass is 32.1. The molecule has 1 N–H and O–H groups in total. The highest BCUT2D eigenvalue weighted by molar-refractivity contribution is 7.07. The molecule has 0 bridgehead atoms. The molecule has 94 valence electrons. The van der Waals surface area contributed by atoms with E-state index in [2.05, 4.69) is 10.3 Å². The number of anilines is 1. The average molecular weight is 262 g/mol. The van der Waals surface area contributed by atoms with Crippen LogP contribution in [0.3, 0.4) is 0 Å². The summed E-state index contributed by atoms with van der Waals surface area (Å²) in [7, 11) is 0. The number of rotatable bonds is 3. The predicted octanol–water partition coefficient (Wildman–Crippen LogP) is 2.92. The van der Waals surface area contributed by atoms with Gasteiger partial charge >= 0.3 is 0 Å². The van der Waals surface area contributed by atoms with Crippen LogP contribution in [0.4, 0.5) is 5.69 Å². The number of fused-ring (bicyclic) bond motifs is 1. The van der Waals surface area contributed by atoms with Gasteiger partial charge in [0.1, 0.15) is 0 Å². The number of thiazole rings is 1. The van der Waals surface area contributed by atoms with E-state index in [1.165, 1.54) is 0 Å². The molecule has 0 saturated heterocycles. The third-order valence-corrected chi connectivity index (χ3v) is 3.34. The van der Waals surface area contributed by atoms with Gasteiger partial charge in [0.15, 0.2) is 11.5 Å². The van der Waals surface area contributed by atoms with Crippen LogP contribution in [0.2, 0.25) is 0 Å². The summed E-state index contributed by atoms with van der Waals surface area (Å²) in [6, 6.07) is 5.93. The van der Waals surface area contributed by atoms with Gasteiger partial charge in [-0.3, -0.25) is 0 Å². The van der Waals surface area contributed by atoms with Crippen LogP contribution in [-0.2, 0) is 6.54 Å². The molecule has 1 aliphatic heterocycles. The molecule has 0 unspecified atom stereocenters. The zero-order valence-electron chi connectivity index (χ0n) is 9.89. The molecule has 0 saturated carbocycles. The van der Waals surface area contributed by atoms with Crippen LogP contribution in [0.1, 0.15) is 12.1 Å². The maximum atomic E-state index is 5.65. The largest absolute Gasteiger partial charge is 0.490 e. The number of hydrogen-bond acceptors (Lipinski definition) is 5. The quantitative estimate of drug-likeness (QED) is 0.923. The molecule has 0 spiro atoms. The fourth-order valence-electron chi connectivity index (χ4n) is 1.79. The van der Waals surface area contributed by atoms with Crippen molar-refractivity contribution >= 4 is 17.0 Å². The first-order valence-electron chi connectivity index (χ1n) is 5.92. The number of nitrogens with one attached hydrogen (secondary N) is 1. The van der Waals surface area contributed by atoms with E-state index in [-0.39, 0.29) is 0 Å². The van der Waals surface area contributed by atoms with E-state index in [9.17, 15) is 0 Å². The van der Waals surface area contributed by atoms with Crippen LogP contribution in [0.5, 0.6) is 11.5 Å². The van der Waals surface area contributed by atoms with Crippen LogP contribution >= 0.6 is 11.3 Å². The molecular formula is C13H14N2O2S. The summed E-state index contributed by atoms with van der Waals surface area (Å²) in [4.78, 5) is 4.23. The van der Waals surface area contributed by atoms with Gasteiger partial charge in [-0.1, -0.05) is 0 Å². The molecule has 18 heavy (non-hydrogen) atoms. The molecule has 0 amide bonds. The van der Waals surface area contributed by atoms with Crippen LogP contribution in [0.25, 0.3) is 0 Å². The summed E-state index contributed by atoms with van der Waals surface area (Å²) in [5, 5.41) is 5.36. The lowest BCUT2D eigenvalue weighted by Gasteiger charge is -2.10. The molecule has 2 heterocycles. The van der Waals surface area contributed by atoms with E-state index in [4.69, 9.17) is 9.47 Å². The molecule has 5 heteroatoms. The predicted molar refractivity (Wildman–Crippen MR) is 71.5 cm³/mol. The fourth-order valence-corrected chi connectivity index (χ4v) is 2.35. The number of hydrogen-bond donors (Lipinski definition) is 1. The Morgan fingerprint density at radius 2 is 2.11 bits per heavy atom. The number of nitrogens with zero attached hydrogens (tertiary/aromatic N) is 1. The monoisotopic (exact) mass is 262 g/mol. The van der Waals surface area contributed by atoms with Gasteiger partial charge in [-0.15, -0.1) is 11.3 Å². The maximum absolute atomic E-state index is 5.65. The molecule has 0 aliphatic carbocycles. The zero-order valence-corrected chi connectivity index (χ0v) is 10.7. The summed E-state index contributed by atoms with van der Waals surface area (Å²) in [6.07, 6.45) is 0.927. The second kappa shape index (κ2) is 5.27. The maximum Gasteiger partial charge on any atom is 0.163 e. The zero-order chi connectivity index (χ0) is 12.2. The lowest BCUT2D eigenvalue weighted by molar-refractivity contribution is 0.297. The summed E-state index contributed by atoms with van der Waals surface area (Å²) >= 11 is 1.60. The van der Waals surface area contributed by atoms with Crippen LogP contribution < -0.4 is 14.8 Å². The van der Waals surface area contributed by atoms with Gasteiger partial charge in [0.25, 0.3) is 0 Å². The van der Waals surface area contributed by atoms with Gasteiger partial charge in [-0.2, -0.15) is 0 Å². The molecular weight excluding hydrogens is 248 g/mol. The van der Waals surface area contributed by atoms with E-state index in [0.717, 1.165) is 42.5 Å². The van der Waals surface area contributed by atoms with Crippen molar-refractivity contribution in [3.05, 3.63) is 34.8 Å². The SMILES string of the molecule is c1nc(CNc2ccc3c(c2)OCCCO3)cs1. The molecule has 1 aliphatic rings. The van der Waals surface area contributed by atoms with Gasteiger partial charge in [0, 0.05) is 23.6 Å². The highest BCUT2D eigenvalue weighted by Crippen LogP contribution is 2.32. The van der Waals surface area contributed by atoms with Crippen LogP contribution in [0, 0.1) is 0 Å². The van der Waals surface area contributed by atoms with Gasteiger partial charge < -0.3 is 14.8 Å². The highest BCUT2D eigenvalue weighted by Gasteiger charge is 2.10. The smallest absolute Gasteiger partial charge is 0.163 e. The third-order valence-electron chi connectivity index (χ3n) is 2.70. The van der Waals surface area contributed by atoms with Crippen molar-refractivity contribution < 1.29 is 9.47 Å². The Bertz CT molecular complexity index is 514. The fraction of sp³-hybridized carbons (Fsp3) is 0.308. The first-order valence-corrected chi connectivity index (χ1v) is 6.87. The Kier molecular flexibility index (Phi) is 3.32. The van der Waals surface area contributed by atoms with Crippen LogP contribution in [0.15, 0.2) is 29.1 Å². The Hall–Kier alpha value is -1.75. The molecule has 2 aromatic rings. The van der Waals surface area contributed by atoms with Crippen molar-refractivity contribution in [3.8, 4) is 11.5 Å². The molecule has 0 atom stereocenters. The van der Waals surface area contributed by atoms with E-state index in [1.54, 1.807) is 11.3 Å². The third kappa shape index (κ3) is 2.56. The molecule has 1 aromatic carbocycles. The molecule has 1 aromatic heterocycles. The minimum Gasteiger partial charge on any atom is -0.490 e. The first kappa shape index (κ1) is 11.3. The number of ether oxygens (including phenoxy) is 2. The Morgan fingerprint density at radius 1 is 1.22 bits per heavy atom. The van der Waals surface area contributed by atoms with Crippen molar-refractivity contribution in [1.82, 2.24) is 4.98 Å².